The topological polar surface area (TPSA) is 95.5 Å². The molecule has 0 aliphatic carbocycles. The number of urea groups is 1. The lowest BCUT2D eigenvalue weighted by molar-refractivity contribution is -0.138. The van der Waals surface area contributed by atoms with E-state index in [4.69, 9.17) is 5.11 Å². The van der Waals surface area contributed by atoms with Gasteiger partial charge in [-0.1, -0.05) is 6.92 Å². The Morgan fingerprint density at radius 2 is 1.86 bits per heavy atom. The van der Waals surface area contributed by atoms with Crippen LogP contribution < -0.4 is 10.6 Å². The summed E-state index contributed by atoms with van der Waals surface area (Å²) in [5.74, 6) is -4.32. The van der Waals surface area contributed by atoms with Gasteiger partial charge in [0.25, 0.3) is 0 Å². The largest absolute Gasteiger partial charge is 0.481 e. The Kier molecular flexibility index (Phi) is 5.77. The number of carbonyl (C=O) groups is 3. The van der Waals surface area contributed by atoms with Crippen LogP contribution in [0.15, 0.2) is 18.2 Å². The van der Waals surface area contributed by atoms with E-state index < -0.39 is 35.5 Å². The van der Waals surface area contributed by atoms with E-state index in [-0.39, 0.29) is 18.5 Å². The summed E-state index contributed by atoms with van der Waals surface area (Å²) in [6.45, 7) is 1.56. The van der Waals surface area contributed by atoms with Crippen LogP contribution >= 0.6 is 0 Å². The van der Waals surface area contributed by atoms with Crippen molar-refractivity contribution < 1.29 is 28.3 Å². The van der Waals surface area contributed by atoms with Crippen molar-refractivity contribution >= 4 is 23.6 Å². The number of carboxylic acid groups (broad SMARTS) is 1. The van der Waals surface area contributed by atoms with Gasteiger partial charge in [-0.15, -0.1) is 0 Å². The molecule has 0 spiro atoms. The highest BCUT2D eigenvalue weighted by Crippen LogP contribution is 2.13. The van der Waals surface area contributed by atoms with E-state index in [1.165, 1.54) is 0 Å². The SMILES string of the molecule is CC(CC(=O)O)CC(=O)NC(=O)Nc1ccc(F)c(F)c1. The molecule has 0 aromatic heterocycles. The summed E-state index contributed by atoms with van der Waals surface area (Å²) < 4.78 is 25.6. The number of halogens is 2. The third-order valence-electron chi connectivity index (χ3n) is 2.49. The highest BCUT2D eigenvalue weighted by atomic mass is 19.2. The molecule has 1 aromatic carbocycles. The number of rotatable bonds is 5. The zero-order valence-electron chi connectivity index (χ0n) is 11.2. The molecule has 0 fully saturated rings. The van der Waals surface area contributed by atoms with E-state index in [0.29, 0.717) is 0 Å². The highest BCUT2D eigenvalue weighted by Gasteiger charge is 2.15. The van der Waals surface area contributed by atoms with E-state index >= 15 is 0 Å². The summed E-state index contributed by atoms with van der Waals surface area (Å²) in [7, 11) is 0. The molecule has 1 aromatic rings. The number of hydrogen-bond acceptors (Lipinski definition) is 3. The molecule has 8 heteroatoms. The first-order chi connectivity index (χ1) is 9.77. The number of carboxylic acids is 1. The number of imide groups is 1. The second kappa shape index (κ2) is 7.32. The van der Waals surface area contributed by atoms with Gasteiger partial charge in [-0.2, -0.15) is 0 Å². The zero-order valence-corrected chi connectivity index (χ0v) is 11.2. The Morgan fingerprint density at radius 3 is 2.43 bits per heavy atom. The van der Waals surface area contributed by atoms with E-state index in [9.17, 15) is 23.2 Å². The van der Waals surface area contributed by atoms with Gasteiger partial charge < -0.3 is 10.4 Å². The molecule has 1 unspecified atom stereocenters. The predicted molar refractivity (Wildman–Crippen MR) is 69.6 cm³/mol. The molecule has 6 nitrogen and oxygen atoms in total. The second-order valence-corrected chi connectivity index (χ2v) is 4.54. The summed E-state index contributed by atoms with van der Waals surface area (Å²) in [4.78, 5) is 33.3. The number of aliphatic carboxylic acids is 1. The van der Waals surface area contributed by atoms with Gasteiger partial charge in [-0.25, -0.2) is 13.6 Å². The van der Waals surface area contributed by atoms with Crippen molar-refractivity contribution in [2.24, 2.45) is 5.92 Å². The lowest BCUT2D eigenvalue weighted by Crippen LogP contribution is -2.35. The predicted octanol–water partition coefficient (Wildman–Crippen LogP) is 2.11. The summed E-state index contributed by atoms with van der Waals surface area (Å²) in [6.07, 6.45) is -0.338. The van der Waals surface area contributed by atoms with Crippen LogP contribution in [0.3, 0.4) is 0 Å². The Balaban J connectivity index is 2.47. The van der Waals surface area contributed by atoms with Crippen molar-refractivity contribution in [2.75, 3.05) is 5.32 Å². The van der Waals surface area contributed by atoms with Crippen molar-refractivity contribution in [3.05, 3.63) is 29.8 Å². The normalized spacial score (nSPS) is 11.6. The molecule has 0 aliphatic heterocycles. The zero-order chi connectivity index (χ0) is 16.0. The van der Waals surface area contributed by atoms with Gasteiger partial charge >= 0.3 is 12.0 Å². The van der Waals surface area contributed by atoms with Gasteiger partial charge in [-0.3, -0.25) is 14.9 Å². The van der Waals surface area contributed by atoms with E-state index in [1.54, 1.807) is 6.92 Å². The minimum Gasteiger partial charge on any atom is -0.481 e. The molecule has 0 saturated carbocycles. The fraction of sp³-hybridized carbons (Fsp3) is 0.308. The number of benzene rings is 1. The van der Waals surface area contributed by atoms with Gasteiger partial charge in [0.15, 0.2) is 11.6 Å². The van der Waals surface area contributed by atoms with Crippen molar-refractivity contribution in [3.8, 4) is 0 Å². The Labute approximate surface area is 119 Å². The van der Waals surface area contributed by atoms with Crippen LogP contribution in [-0.2, 0) is 9.59 Å². The Hall–Kier alpha value is -2.51. The van der Waals surface area contributed by atoms with Crippen molar-refractivity contribution in [1.29, 1.82) is 0 Å². The first kappa shape index (κ1) is 16.5. The number of anilines is 1. The number of carbonyl (C=O) groups excluding carboxylic acids is 2. The molecule has 21 heavy (non-hydrogen) atoms. The monoisotopic (exact) mass is 300 g/mol. The van der Waals surface area contributed by atoms with E-state index in [1.807, 2.05) is 5.32 Å². The average Bonchev–Trinajstić information content (AvgIpc) is 2.32. The molecule has 0 bridgehead atoms. The number of amides is 3. The minimum atomic E-state index is -1.13. The fourth-order valence-electron chi connectivity index (χ4n) is 1.60. The van der Waals surface area contributed by atoms with Gasteiger partial charge in [-0.05, 0) is 18.1 Å². The molecule has 114 valence electrons. The average molecular weight is 300 g/mol. The first-order valence-electron chi connectivity index (χ1n) is 6.05. The van der Waals surface area contributed by atoms with Crippen molar-refractivity contribution in [2.45, 2.75) is 19.8 Å². The van der Waals surface area contributed by atoms with Crippen LogP contribution in [0.5, 0.6) is 0 Å². The smallest absolute Gasteiger partial charge is 0.325 e. The van der Waals surface area contributed by atoms with Gasteiger partial charge in [0.1, 0.15) is 0 Å². The van der Waals surface area contributed by atoms with Crippen molar-refractivity contribution in [1.82, 2.24) is 5.32 Å². The maximum Gasteiger partial charge on any atom is 0.325 e. The van der Waals surface area contributed by atoms with Crippen LogP contribution in [0.25, 0.3) is 0 Å². The fourth-order valence-corrected chi connectivity index (χ4v) is 1.60. The van der Waals surface area contributed by atoms with Crippen LogP contribution in [-0.4, -0.2) is 23.0 Å². The van der Waals surface area contributed by atoms with Crippen LogP contribution in [0, 0.1) is 17.6 Å². The van der Waals surface area contributed by atoms with E-state index in [0.717, 1.165) is 18.2 Å². The molecular formula is C13H14F2N2O4. The lowest BCUT2D eigenvalue weighted by Gasteiger charge is -2.09. The van der Waals surface area contributed by atoms with Crippen LogP contribution in [0.1, 0.15) is 19.8 Å². The second-order valence-electron chi connectivity index (χ2n) is 4.54. The standard InChI is InChI=1S/C13H14F2N2O4/c1-7(5-12(19)20)4-11(18)17-13(21)16-8-2-3-9(14)10(15)6-8/h2-3,6-7H,4-5H2,1H3,(H,19,20)(H2,16,17,18,21). The number of nitrogens with one attached hydrogen (secondary N) is 2. The number of hydrogen-bond donors (Lipinski definition) is 3. The third-order valence-corrected chi connectivity index (χ3v) is 2.49. The lowest BCUT2D eigenvalue weighted by atomic mass is 10.0. The van der Waals surface area contributed by atoms with Gasteiger partial charge in [0.2, 0.25) is 5.91 Å². The summed E-state index contributed by atoms with van der Waals surface area (Å²) in [5.41, 5.74) is -0.0159. The van der Waals surface area contributed by atoms with Crippen LogP contribution in [0.4, 0.5) is 19.3 Å². The molecular weight excluding hydrogens is 286 g/mol. The van der Waals surface area contributed by atoms with Crippen molar-refractivity contribution in [3.63, 3.8) is 0 Å². The quantitative estimate of drug-likeness (QED) is 0.776. The molecule has 1 rings (SSSR count). The molecule has 0 saturated heterocycles. The van der Waals surface area contributed by atoms with Gasteiger partial charge in [0.05, 0.1) is 0 Å². The first-order valence-corrected chi connectivity index (χ1v) is 6.05. The molecule has 1 atom stereocenters. The molecule has 3 N–H and O–H groups in total. The molecule has 0 aliphatic rings. The summed E-state index contributed by atoms with van der Waals surface area (Å²) >= 11 is 0. The molecule has 3 amide bonds. The van der Waals surface area contributed by atoms with Crippen LogP contribution in [0.2, 0.25) is 0 Å². The summed E-state index contributed by atoms with van der Waals surface area (Å²) in [5, 5.41) is 12.7. The van der Waals surface area contributed by atoms with E-state index in [2.05, 4.69) is 5.32 Å². The third kappa shape index (κ3) is 5.98. The molecule has 0 heterocycles. The Bertz CT molecular complexity index is 563. The Morgan fingerprint density at radius 1 is 1.19 bits per heavy atom. The maximum atomic E-state index is 12.9. The summed E-state index contributed by atoms with van der Waals surface area (Å²) in [6, 6.07) is 1.83. The maximum absolute atomic E-state index is 12.9. The molecule has 0 radical (unpaired) electrons. The highest BCUT2D eigenvalue weighted by molar-refractivity contribution is 6.01. The minimum absolute atomic E-state index is 0.0159. The van der Waals surface area contributed by atoms with Gasteiger partial charge in [0, 0.05) is 24.6 Å².